The van der Waals surface area contributed by atoms with Crippen LogP contribution in [0.5, 0.6) is 5.75 Å². The van der Waals surface area contributed by atoms with Crippen LogP contribution in [0.15, 0.2) is 40.8 Å². The molecule has 0 atom stereocenters. The van der Waals surface area contributed by atoms with Crippen molar-refractivity contribution in [2.45, 2.75) is 6.54 Å². The first-order valence-electron chi connectivity index (χ1n) is 5.76. The molecule has 0 aliphatic heterocycles. The summed E-state index contributed by atoms with van der Waals surface area (Å²) in [7, 11) is 0. The van der Waals surface area contributed by atoms with Crippen LogP contribution in [0.3, 0.4) is 0 Å². The van der Waals surface area contributed by atoms with Crippen molar-refractivity contribution in [1.82, 2.24) is 0 Å². The fraction of sp³-hybridized carbons (Fsp3) is 0.154. The van der Waals surface area contributed by atoms with Crippen molar-refractivity contribution in [1.29, 1.82) is 5.26 Å². The first kappa shape index (κ1) is 13.4. The number of anilines is 1. The van der Waals surface area contributed by atoms with Gasteiger partial charge in [0.2, 0.25) is 0 Å². The highest BCUT2D eigenvalue weighted by Gasteiger charge is 2.11. The molecule has 0 amide bonds. The number of benzene rings is 1. The lowest BCUT2D eigenvalue weighted by Crippen LogP contribution is -1.98. The van der Waals surface area contributed by atoms with E-state index in [0.717, 1.165) is 5.69 Å². The largest absolute Gasteiger partial charge is 0.479 e. The van der Waals surface area contributed by atoms with E-state index in [0.29, 0.717) is 18.1 Å². The zero-order valence-electron chi connectivity index (χ0n) is 10.4. The molecular weight excluding hydrogens is 262 g/mol. The summed E-state index contributed by atoms with van der Waals surface area (Å²) in [6, 6.07) is 11.8. The van der Waals surface area contributed by atoms with Gasteiger partial charge in [0, 0.05) is 5.69 Å². The van der Waals surface area contributed by atoms with Gasteiger partial charge in [-0.3, -0.25) is 10.1 Å². The SMILES string of the molecule is N#CCOc1ccc(NCc2ccc([N+](=O)[O-])o2)cc1. The lowest BCUT2D eigenvalue weighted by atomic mass is 10.3. The van der Waals surface area contributed by atoms with Crippen molar-refractivity contribution >= 4 is 11.6 Å². The molecule has 0 unspecified atom stereocenters. The molecule has 0 fully saturated rings. The van der Waals surface area contributed by atoms with Crippen molar-refractivity contribution in [2.24, 2.45) is 0 Å². The van der Waals surface area contributed by atoms with Gasteiger partial charge >= 0.3 is 5.88 Å². The van der Waals surface area contributed by atoms with Crippen LogP contribution >= 0.6 is 0 Å². The average Bonchev–Trinajstić information content (AvgIpc) is 2.93. The van der Waals surface area contributed by atoms with E-state index in [1.807, 2.05) is 6.07 Å². The smallest absolute Gasteiger partial charge is 0.433 e. The quantitative estimate of drug-likeness (QED) is 0.641. The van der Waals surface area contributed by atoms with Crippen LogP contribution in [0.1, 0.15) is 5.76 Å². The Morgan fingerprint density at radius 1 is 1.30 bits per heavy atom. The Morgan fingerprint density at radius 3 is 2.65 bits per heavy atom. The topological polar surface area (TPSA) is 101 Å². The number of ether oxygens (including phenoxy) is 1. The molecule has 102 valence electrons. The van der Waals surface area contributed by atoms with E-state index in [2.05, 4.69) is 5.32 Å². The normalized spacial score (nSPS) is 9.75. The van der Waals surface area contributed by atoms with E-state index < -0.39 is 4.92 Å². The molecule has 1 aromatic heterocycles. The second kappa shape index (κ2) is 6.24. The summed E-state index contributed by atoms with van der Waals surface area (Å²) >= 11 is 0. The molecule has 7 nitrogen and oxygen atoms in total. The maximum atomic E-state index is 10.5. The highest BCUT2D eigenvalue weighted by molar-refractivity contribution is 5.46. The van der Waals surface area contributed by atoms with Crippen molar-refractivity contribution in [3.05, 3.63) is 52.3 Å². The molecule has 0 spiro atoms. The number of nitrogens with one attached hydrogen (secondary N) is 1. The van der Waals surface area contributed by atoms with Crippen molar-refractivity contribution < 1.29 is 14.1 Å². The molecule has 0 saturated carbocycles. The fourth-order valence-electron chi connectivity index (χ4n) is 1.53. The number of nitrogens with zero attached hydrogens (tertiary/aromatic N) is 2. The summed E-state index contributed by atoms with van der Waals surface area (Å²) < 4.78 is 10.1. The molecule has 20 heavy (non-hydrogen) atoms. The van der Waals surface area contributed by atoms with Gasteiger partial charge < -0.3 is 14.5 Å². The summed E-state index contributed by atoms with van der Waals surface area (Å²) in [5.41, 5.74) is 0.813. The van der Waals surface area contributed by atoms with Gasteiger partial charge in [-0.15, -0.1) is 0 Å². The number of nitriles is 1. The molecule has 2 aromatic rings. The zero-order valence-corrected chi connectivity index (χ0v) is 10.4. The van der Waals surface area contributed by atoms with Gasteiger partial charge in [0.05, 0.1) is 12.6 Å². The molecule has 0 radical (unpaired) electrons. The van der Waals surface area contributed by atoms with E-state index in [1.165, 1.54) is 6.07 Å². The monoisotopic (exact) mass is 273 g/mol. The molecule has 1 aromatic carbocycles. The summed E-state index contributed by atoms with van der Waals surface area (Å²) in [5, 5.41) is 21.9. The molecule has 1 heterocycles. The highest BCUT2D eigenvalue weighted by Crippen LogP contribution is 2.19. The third-order valence-electron chi connectivity index (χ3n) is 2.45. The van der Waals surface area contributed by atoms with Crippen molar-refractivity contribution in [2.75, 3.05) is 11.9 Å². The summed E-state index contributed by atoms with van der Waals surface area (Å²) in [6.07, 6.45) is 0. The Balaban J connectivity index is 1.90. The van der Waals surface area contributed by atoms with Gasteiger partial charge in [0.25, 0.3) is 0 Å². The van der Waals surface area contributed by atoms with Crippen LogP contribution in [0.2, 0.25) is 0 Å². The maximum absolute atomic E-state index is 10.5. The summed E-state index contributed by atoms with van der Waals surface area (Å²) in [6.45, 7) is 0.342. The average molecular weight is 273 g/mol. The lowest BCUT2D eigenvalue weighted by Gasteiger charge is -2.05. The van der Waals surface area contributed by atoms with Crippen LogP contribution < -0.4 is 10.1 Å². The minimum absolute atomic E-state index is 0.00282. The third-order valence-corrected chi connectivity index (χ3v) is 2.45. The molecule has 1 N–H and O–H groups in total. The van der Waals surface area contributed by atoms with Crippen molar-refractivity contribution in [3.8, 4) is 11.8 Å². The number of hydrogen-bond acceptors (Lipinski definition) is 6. The van der Waals surface area contributed by atoms with Crippen LogP contribution in [0.25, 0.3) is 0 Å². The Morgan fingerprint density at radius 2 is 2.05 bits per heavy atom. The summed E-state index contributed by atoms with van der Waals surface area (Å²) in [4.78, 5) is 9.89. The number of nitro groups is 1. The van der Waals surface area contributed by atoms with E-state index in [-0.39, 0.29) is 12.5 Å². The third kappa shape index (κ3) is 3.49. The van der Waals surface area contributed by atoms with Crippen LogP contribution in [0, 0.1) is 21.4 Å². The molecule has 0 saturated heterocycles. The second-order valence-electron chi connectivity index (χ2n) is 3.82. The standard InChI is InChI=1S/C13H11N3O4/c14-7-8-19-11-3-1-10(2-4-11)15-9-12-5-6-13(20-12)16(17)18/h1-6,15H,8-9H2. The first-order valence-corrected chi connectivity index (χ1v) is 5.76. The van der Waals surface area contributed by atoms with Gasteiger partial charge in [-0.1, -0.05) is 0 Å². The predicted octanol–water partition coefficient (Wildman–Crippen LogP) is 2.70. The number of rotatable bonds is 6. The Bertz CT molecular complexity index is 628. The first-order chi connectivity index (χ1) is 9.69. The lowest BCUT2D eigenvalue weighted by molar-refractivity contribution is -0.402. The van der Waals surface area contributed by atoms with E-state index in [1.54, 1.807) is 30.3 Å². The molecule has 0 bridgehead atoms. The predicted molar refractivity (Wildman–Crippen MR) is 70.2 cm³/mol. The zero-order chi connectivity index (χ0) is 14.4. The van der Waals surface area contributed by atoms with Gasteiger partial charge in [0.1, 0.15) is 22.5 Å². The minimum Gasteiger partial charge on any atom is -0.479 e. The van der Waals surface area contributed by atoms with Crippen LogP contribution in [-0.2, 0) is 6.54 Å². The molecule has 0 aliphatic carbocycles. The minimum atomic E-state index is -0.579. The van der Waals surface area contributed by atoms with Crippen LogP contribution in [-0.4, -0.2) is 11.5 Å². The number of furan rings is 1. The van der Waals surface area contributed by atoms with E-state index >= 15 is 0 Å². The molecule has 2 rings (SSSR count). The van der Waals surface area contributed by atoms with E-state index in [9.17, 15) is 10.1 Å². The highest BCUT2D eigenvalue weighted by atomic mass is 16.6. The fourth-order valence-corrected chi connectivity index (χ4v) is 1.53. The molecule has 7 heteroatoms. The molecule has 0 aliphatic rings. The van der Waals surface area contributed by atoms with Gasteiger partial charge in [-0.25, -0.2) is 0 Å². The summed E-state index contributed by atoms with van der Waals surface area (Å²) in [5.74, 6) is 0.800. The number of hydrogen-bond donors (Lipinski definition) is 1. The maximum Gasteiger partial charge on any atom is 0.433 e. The van der Waals surface area contributed by atoms with Gasteiger partial charge in [-0.2, -0.15) is 5.26 Å². The Hall–Kier alpha value is -3.01. The van der Waals surface area contributed by atoms with Crippen molar-refractivity contribution in [3.63, 3.8) is 0 Å². The Labute approximate surface area is 114 Å². The van der Waals surface area contributed by atoms with Gasteiger partial charge in [-0.05, 0) is 30.3 Å². The second-order valence-corrected chi connectivity index (χ2v) is 3.82. The van der Waals surface area contributed by atoms with Crippen LogP contribution in [0.4, 0.5) is 11.6 Å². The Kier molecular flexibility index (Phi) is 4.19. The van der Waals surface area contributed by atoms with Gasteiger partial charge in [0.15, 0.2) is 6.61 Å². The molecular formula is C13H11N3O4. The van der Waals surface area contributed by atoms with E-state index in [4.69, 9.17) is 14.4 Å².